The van der Waals surface area contributed by atoms with Crippen LogP contribution in [0.1, 0.15) is 36.6 Å². The van der Waals surface area contributed by atoms with E-state index in [0.717, 1.165) is 0 Å². The van der Waals surface area contributed by atoms with Crippen molar-refractivity contribution in [2.75, 3.05) is 18.1 Å². The lowest BCUT2D eigenvalue weighted by molar-refractivity contribution is -0.132. The van der Waals surface area contributed by atoms with E-state index in [1.165, 1.54) is 23.1 Å². The zero-order valence-electron chi connectivity index (χ0n) is 19.7. The number of carbonyl (C=O) groups is 2. The number of amides is 1. The minimum absolute atomic E-state index is 0.0801. The van der Waals surface area contributed by atoms with E-state index in [4.69, 9.17) is 9.47 Å². The molecule has 1 aliphatic rings. The quantitative estimate of drug-likeness (QED) is 0.275. The molecule has 0 aliphatic carbocycles. The maximum absolute atomic E-state index is 13.9. The summed E-state index contributed by atoms with van der Waals surface area (Å²) < 4.78 is 25.0. The summed E-state index contributed by atoms with van der Waals surface area (Å²) in [5.74, 6) is -1.21. The number of aliphatic hydroxyl groups is 1. The summed E-state index contributed by atoms with van der Waals surface area (Å²) in [5, 5.41) is 11.2. The van der Waals surface area contributed by atoms with Gasteiger partial charge >= 0.3 is 0 Å². The lowest BCUT2D eigenvalue weighted by Gasteiger charge is -2.26. The van der Waals surface area contributed by atoms with Crippen LogP contribution in [0.25, 0.3) is 5.76 Å². The Hall–Kier alpha value is -4.13. The largest absolute Gasteiger partial charge is 0.507 e. The number of hydrogen-bond acceptors (Lipinski definition) is 5. The molecule has 1 atom stereocenters. The molecule has 1 unspecified atom stereocenters. The van der Waals surface area contributed by atoms with E-state index in [1.807, 2.05) is 13.8 Å². The van der Waals surface area contributed by atoms with Gasteiger partial charge in [0.2, 0.25) is 0 Å². The predicted octanol–water partition coefficient (Wildman–Crippen LogP) is 5.56. The summed E-state index contributed by atoms with van der Waals surface area (Å²) in [5.41, 5.74) is 1.54. The van der Waals surface area contributed by atoms with Crippen molar-refractivity contribution < 1.29 is 28.6 Å². The van der Waals surface area contributed by atoms with Crippen molar-refractivity contribution in [2.45, 2.75) is 26.8 Å². The third kappa shape index (κ3) is 4.62. The number of benzene rings is 3. The Bertz CT molecular complexity index is 1300. The summed E-state index contributed by atoms with van der Waals surface area (Å²) in [6.45, 7) is 6.22. The second-order valence-corrected chi connectivity index (χ2v) is 8.07. The van der Waals surface area contributed by atoms with Crippen LogP contribution in [0, 0.1) is 12.7 Å². The fraction of sp³-hybridized carbons (Fsp3) is 0.214. The molecule has 3 aromatic carbocycles. The highest BCUT2D eigenvalue weighted by molar-refractivity contribution is 6.51. The molecule has 0 radical (unpaired) electrons. The van der Waals surface area contributed by atoms with Crippen LogP contribution in [0.3, 0.4) is 0 Å². The third-order valence-electron chi connectivity index (χ3n) is 5.79. The van der Waals surface area contributed by atoms with E-state index in [2.05, 4.69) is 0 Å². The Labute approximate surface area is 203 Å². The third-order valence-corrected chi connectivity index (χ3v) is 5.79. The van der Waals surface area contributed by atoms with E-state index < -0.39 is 23.5 Å². The molecule has 1 saturated heterocycles. The number of ketones is 1. The molecule has 35 heavy (non-hydrogen) atoms. The van der Waals surface area contributed by atoms with Crippen LogP contribution in [0.15, 0.2) is 72.3 Å². The lowest BCUT2D eigenvalue weighted by atomic mass is 9.94. The Morgan fingerprint density at radius 2 is 1.63 bits per heavy atom. The Morgan fingerprint density at radius 1 is 0.943 bits per heavy atom. The first-order chi connectivity index (χ1) is 16.8. The average Bonchev–Trinajstić information content (AvgIpc) is 3.12. The van der Waals surface area contributed by atoms with E-state index in [-0.39, 0.29) is 16.9 Å². The number of aryl methyl sites for hydroxylation is 1. The molecule has 3 aromatic rings. The highest BCUT2D eigenvalue weighted by atomic mass is 19.1. The number of nitrogens with zero attached hydrogens (tertiary/aromatic N) is 1. The number of ether oxygens (including phenoxy) is 2. The van der Waals surface area contributed by atoms with Crippen LogP contribution in [-0.4, -0.2) is 30.0 Å². The molecule has 7 heteroatoms. The van der Waals surface area contributed by atoms with Crippen molar-refractivity contribution in [3.63, 3.8) is 0 Å². The molecule has 180 valence electrons. The molecule has 0 saturated carbocycles. The Balaban J connectivity index is 1.91. The smallest absolute Gasteiger partial charge is 0.300 e. The van der Waals surface area contributed by atoms with Gasteiger partial charge in [-0.25, -0.2) is 4.39 Å². The first-order valence-electron chi connectivity index (χ1n) is 11.4. The minimum atomic E-state index is -0.918. The maximum atomic E-state index is 13.9. The van der Waals surface area contributed by atoms with Gasteiger partial charge in [0.25, 0.3) is 11.7 Å². The molecule has 6 nitrogen and oxygen atoms in total. The zero-order valence-corrected chi connectivity index (χ0v) is 19.7. The molecule has 4 rings (SSSR count). The van der Waals surface area contributed by atoms with Gasteiger partial charge in [-0.2, -0.15) is 0 Å². The molecule has 1 heterocycles. The van der Waals surface area contributed by atoms with Gasteiger partial charge in [-0.05, 0) is 86.5 Å². The molecule has 1 N–H and O–H groups in total. The second kappa shape index (κ2) is 10.0. The number of hydrogen-bond donors (Lipinski definition) is 1. The zero-order chi connectivity index (χ0) is 25.1. The van der Waals surface area contributed by atoms with E-state index in [9.17, 15) is 19.1 Å². The first-order valence-corrected chi connectivity index (χ1v) is 11.4. The average molecular weight is 476 g/mol. The molecule has 0 spiro atoms. The molecule has 0 bridgehead atoms. The van der Waals surface area contributed by atoms with E-state index in [1.54, 1.807) is 55.5 Å². The molecule has 1 fully saturated rings. The van der Waals surface area contributed by atoms with Gasteiger partial charge < -0.3 is 14.6 Å². The summed E-state index contributed by atoms with van der Waals surface area (Å²) in [6.07, 6.45) is 0. The summed E-state index contributed by atoms with van der Waals surface area (Å²) in [4.78, 5) is 27.9. The number of rotatable bonds is 7. The standard InChI is InChI=1S/C28H26FNO5/c1-4-34-21-12-10-20(11-13-21)30-25(18-7-6-8-22(16-18)35-5-2)24(27(32)28(30)33)26(31)19-9-14-23(29)17(3)15-19/h6-16,25,31H,4-5H2,1-3H3/b26-24-. The Morgan fingerprint density at radius 3 is 2.29 bits per heavy atom. The van der Waals surface area contributed by atoms with Crippen LogP contribution in [0.2, 0.25) is 0 Å². The van der Waals surface area contributed by atoms with Crippen molar-refractivity contribution >= 4 is 23.1 Å². The number of aliphatic hydroxyl groups excluding tert-OH is 1. The predicted molar refractivity (Wildman–Crippen MR) is 131 cm³/mol. The Kier molecular flexibility index (Phi) is 6.87. The summed E-state index contributed by atoms with van der Waals surface area (Å²) in [6, 6.07) is 17.0. The van der Waals surface area contributed by atoms with Gasteiger partial charge in [-0.15, -0.1) is 0 Å². The summed E-state index contributed by atoms with van der Waals surface area (Å²) in [7, 11) is 0. The molecular formula is C28H26FNO5. The number of halogens is 1. The second-order valence-electron chi connectivity index (χ2n) is 8.07. The van der Waals surface area contributed by atoms with Crippen molar-refractivity contribution in [3.8, 4) is 11.5 Å². The van der Waals surface area contributed by atoms with Crippen LogP contribution in [0.4, 0.5) is 10.1 Å². The highest BCUT2D eigenvalue weighted by Gasteiger charge is 2.47. The fourth-order valence-electron chi connectivity index (χ4n) is 4.17. The highest BCUT2D eigenvalue weighted by Crippen LogP contribution is 2.43. The van der Waals surface area contributed by atoms with Gasteiger partial charge in [0.15, 0.2) is 0 Å². The van der Waals surface area contributed by atoms with Crippen molar-refractivity contribution in [1.29, 1.82) is 0 Å². The van der Waals surface area contributed by atoms with Gasteiger partial charge in [0.1, 0.15) is 23.1 Å². The fourth-order valence-corrected chi connectivity index (χ4v) is 4.17. The minimum Gasteiger partial charge on any atom is -0.507 e. The molecule has 1 amide bonds. The van der Waals surface area contributed by atoms with Crippen LogP contribution in [-0.2, 0) is 9.59 Å². The SMILES string of the molecule is CCOc1ccc(N2C(=O)C(=O)/C(=C(\O)c3ccc(F)c(C)c3)C2c2cccc(OCC)c2)cc1. The van der Waals surface area contributed by atoms with Crippen molar-refractivity contribution in [1.82, 2.24) is 0 Å². The normalized spacial score (nSPS) is 17.0. The van der Waals surface area contributed by atoms with Gasteiger partial charge in [0.05, 0.1) is 24.8 Å². The van der Waals surface area contributed by atoms with Gasteiger partial charge in [0, 0.05) is 11.3 Å². The van der Waals surface area contributed by atoms with Gasteiger partial charge in [-0.3, -0.25) is 14.5 Å². The van der Waals surface area contributed by atoms with Crippen LogP contribution >= 0.6 is 0 Å². The lowest BCUT2D eigenvalue weighted by Crippen LogP contribution is -2.29. The van der Waals surface area contributed by atoms with Crippen LogP contribution in [0.5, 0.6) is 11.5 Å². The van der Waals surface area contributed by atoms with Crippen molar-refractivity contribution in [3.05, 3.63) is 94.8 Å². The number of carbonyl (C=O) groups excluding carboxylic acids is 2. The molecule has 0 aromatic heterocycles. The number of anilines is 1. The topological polar surface area (TPSA) is 76.1 Å². The van der Waals surface area contributed by atoms with Crippen LogP contribution < -0.4 is 14.4 Å². The number of Topliss-reactive ketones (excluding diaryl/α,β-unsaturated/α-hetero) is 1. The molecular weight excluding hydrogens is 449 g/mol. The van der Waals surface area contributed by atoms with Gasteiger partial charge in [-0.1, -0.05) is 12.1 Å². The van der Waals surface area contributed by atoms with Crippen molar-refractivity contribution in [2.24, 2.45) is 0 Å². The summed E-state index contributed by atoms with van der Waals surface area (Å²) >= 11 is 0. The van der Waals surface area contributed by atoms with E-state index in [0.29, 0.717) is 41.5 Å². The molecule has 1 aliphatic heterocycles. The van der Waals surface area contributed by atoms with E-state index >= 15 is 0 Å². The first kappa shape index (κ1) is 24.0. The maximum Gasteiger partial charge on any atom is 0.300 e. The monoisotopic (exact) mass is 475 g/mol.